The highest BCUT2D eigenvalue weighted by Gasteiger charge is 2.23. The summed E-state index contributed by atoms with van der Waals surface area (Å²) in [6, 6.07) is 1.91. The standard InChI is InChI=1S/C17H30N4O2S.HI/c1-6-18-15(20-9-8-19-14(22)16(2,3)4)21-12-17(5,23)13-7-10-24-11-13;/h7,10-11,23H,6,8-9,12H2,1-5H3,(H,19,22)(H2,18,20,21);1H. The highest BCUT2D eigenvalue weighted by Crippen LogP contribution is 2.23. The molecule has 0 aliphatic heterocycles. The lowest BCUT2D eigenvalue weighted by Gasteiger charge is -2.21. The molecule has 1 unspecified atom stereocenters. The average Bonchev–Trinajstić information content (AvgIpc) is 3.03. The molecular formula is C17H31IN4O2S. The van der Waals surface area contributed by atoms with Gasteiger partial charge in [0.05, 0.1) is 6.54 Å². The molecule has 1 rings (SSSR count). The van der Waals surface area contributed by atoms with Crippen LogP contribution in [0.25, 0.3) is 0 Å². The van der Waals surface area contributed by atoms with Gasteiger partial charge in [0.2, 0.25) is 5.91 Å². The molecule has 0 spiro atoms. The molecular weight excluding hydrogens is 451 g/mol. The summed E-state index contributed by atoms with van der Waals surface area (Å²) in [5, 5.41) is 23.6. The van der Waals surface area contributed by atoms with Gasteiger partial charge in [-0.3, -0.25) is 4.79 Å². The van der Waals surface area contributed by atoms with Crippen molar-refractivity contribution in [2.24, 2.45) is 10.4 Å². The molecule has 1 atom stereocenters. The Labute approximate surface area is 171 Å². The molecule has 8 heteroatoms. The van der Waals surface area contributed by atoms with Crippen molar-refractivity contribution >= 4 is 47.2 Å². The lowest BCUT2D eigenvalue weighted by molar-refractivity contribution is -0.128. The highest BCUT2D eigenvalue weighted by molar-refractivity contribution is 14.0. The number of nitrogens with zero attached hydrogens (tertiary/aromatic N) is 1. The lowest BCUT2D eigenvalue weighted by atomic mass is 9.96. The largest absolute Gasteiger partial charge is 0.383 e. The van der Waals surface area contributed by atoms with Crippen LogP contribution in [-0.4, -0.2) is 43.2 Å². The lowest BCUT2D eigenvalue weighted by Crippen LogP contribution is -2.44. The van der Waals surface area contributed by atoms with Crippen molar-refractivity contribution in [3.05, 3.63) is 22.4 Å². The molecule has 0 aliphatic carbocycles. The van der Waals surface area contributed by atoms with Crippen LogP contribution < -0.4 is 16.0 Å². The summed E-state index contributed by atoms with van der Waals surface area (Å²) in [5.41, 5.74) is -0.523. The van der Waals surface area contributed by atoms with E-state index in [0.29, 0.717) is 19.0 Å². The molecule has 0 radical (unpaired) electrons. The molecule has 1 heterocycles. The van der Waals surface area contributed by atoms with Crippen LogP contribution in [0.2, 0.25) is 0 Å². The molecule has 0 aromatic carbocycles. The molecule has 0 saturated carbocycles. The van der Waals surface area contributed by atoms with Gasteiger partial charge in [-0.2, -0.15) is 11.3 Å². The van der Waals surface area contributed by atoms with E-state index in [-0.39, 0.29) is 36.4 Å². The fraction of sp³-hybridized carbons (Fsp3) is 0.647. The summed E-state index contributed by atoms with van der Waals surface area (Å²) in [6.07, 6.45) is 0. The Balaban J connectivity index is 0.00000576. The van der Waals surface area contributed by atoms with E-state index in [1.165, 1.54) is 0 Å². The third-order valence-electron chi connectivity index (χ3n) is 3.42. The molecule has 0 aliphatic rings. The van der Waals surface area contributed by atoms with E-state index >= 15 is 0 Å². The number of nitrogens with one attached hydrogen (secondary N) is 3. The molecule has 25 heavy (non-hydrogen) atoms. The van der Waals surface area contributed by atoms with Gasteiger partial charge in [0, 0.05) is 25.0 Å². The Hall–Kier alpha value is -0.870. The van der Waals surface area contributed by atoms with Crippen LogP contribution in [-0.2, 0) is 10.4 Å². The molecule has 4 N–H and O–H groups in total. The number of aliphatic hydroxyl groups is 1. The molecule has 144 valence electrons. The van der Waals surface area contributed by atoms with Gasteiger partial charge in [-0.1, -0.05) is 20.8 Å². The van der Waals surface area contributed by atoms with E-state index in [2.05, 4.69) is 20.9 Å². The third kappa shape index (κ3) is 8.87. The first-order valence-corrected chi connectivity index (χ1v) is 9.16. The Kier molecular flexibility index (Phi) is 10.6. The summed E-state index contributed by atoms with van der Waals surface area (Å²) >= 11 is 1.55. The second-order valence-electron chi connectivity index (χ2n) is 6.91. The fourth-order valence-electron chi connectivity index (χ4n) is 1.86. The van der Waals surface area contributed by atoms with Crippen LogP contribution in [0.15, 0.2) is 21.8 Å². The number of halogens is 1. The average molecular weight is 482 g/mol. The third-order valence-corrected chi connectivity index (χ3v) is 4.10. The molecule has 1 aromatic rings. The minimum atomic E-state index is -0.997. The van der Waals surface area contributed by atoms with Crippen molar-refractivity contribution in [1.82, 2.24) is 16.0 Å². The molecule has 1 amide bonds. The number of carbonyl (C=O) groups excluding carboxylic acids is 1. The minimum Gasteiger partial charge on any atom is -0.383 e. The van der Waals surface area contributed by atoms with Gasteiger partial charge < -0.3 is 21.1 Å². The van der Waals surface area contributed by atoms with Crippen LogP contribution in [0.5, 0.6) is 0 Å². The summed E-state index contributed by atoms with van der Waals surface area (Å²) in [6.45, 7) is 11.4. The molecule has 0 saturated heterocycles. The summed E-state index contributed by atoms with van der Waals surface area (Å²) in [4.78, 5) is 16.2. The van der Waals surface area contributed by atoms with Gasteiger partial charge >= 0.3 is 0 Å². The van der Waals surface area contributed by atoms with Gasteiger partial charge in [-0.15, -0.1) is 24.0 Å². The smallest absolute Gasteiger partial charge is 0.225 e. The van der Waals surface area contributed by atoms with Crippen molar-refractivity contribution in [2.75, 3.05) is 26.2 Å². The van der Waals surface area contributed by atoms with E-state index in [0.717, 1.165) is 12.1 Å². The second kappa shape index (κ2) is 11.0. The van der Waals surface area contributed by atoms with E-state index in [1.807, 2.05) is 44.5 Å². The number of hydrogen-bond donors (Lipinski definition) is 4. The maximum absolute atomic E-state index is 11.8. The zero-order valence-electron chi connectivity index (χ0n) is 15.7. The van der Waals surface area contributed by atoms with Crippen molar-refractivity contribution in [3.63, 3.8) is 0 Å². The van der Waals surface area contributed by atoms with Gasteiger partial charge in [0.25, 0.3) is 0 Å². The van der Waals surface area contributed by atoms with Crippen LogP contribution >= 0.6 is 35.3 Å². The molecule has 6 nitrogen and oxygen atoms in total. The maximum Gasteiger partial charge on any atom is 0.225 e. The van der Waals surface area contributed by atoms with Crippen LogP contribution in [0, 0.1) is 5.41 Å². The summed E-state index contributed by atoms with van der Waals surface area (Å²) < 4.78 is 0. The van der Waals surface area contributed by atoms with Gasteiger partial charge in [0.15, 0.2) is 5.96 Å². The first-order valence-electron chi connectivity index (χ1n) is 8.22. The topological polar surface area (TPSA) is 85.8 Å². The monoisotopic (exact) mass is 482 g/mol. The minimum absolute atomic E-state index is 0. The number of aliphatic imine (C=N–C) groups is 1. The maximum atomic E-state index is 11.8. The fourth-order valence-corrected chi connectivity index (χ4v) is 2.64. The van der Waals surface area contributed by atoms with Gasteiger partial charge in [0.1, 0.15) is 5.60 Å². The Morgan fingerprint density at radius 2 is 1.84 bits per heavy atom. The number of guanidine groups is 1. The van der Waals surface area contributed by atoms with Crippen molar-refractivity contribution in [3.8, 4) is 0 Å². The number of thiophene rings is 1. The summed E-state index contributed by atoms with van der Waals surface area (Å²) in [7, 11) is 0. The number of hydrogen-bond acceptors (Lipinski definition) is 4. The van der Waals surface area contributed by atoms with E-state index < -0.39 is 11.0 Å². The predicted molar refractivity (Wildman–Crippen MR) is 116 cm³/mol. The zero-order valence-corrected chi connectivity index (χ0v) is 18.8. The second-order valence-corrected chi connectivity index (χ2v) is 7.69. The molecule has 0 fully saturated rings. The Bertz CT molecular complexity index is 539. The normalized spacial score (nSPS) is 14.2. The predicted octanol–water partition coefficient (Wildman–Crippen LogP) is 2.29. The van der Waals surface area contributed by atoms with Gasteiger partial charge in [-0.05, 0) is 36.2 Å². The Morgan fingerprint density at radius 3 is 2.36 bits per heavy atom. The molecule has 0 bridgehead atoms. The van der Waals surface area contributed by atoms with Crippen molar-refractivity contribution < 1.29 is 9.90 Å². The Morgan fingerprint density at radius 1 is 1.20 bits per heavy atom. The summed E-state index contributed by atoms with van der Waals surface area (Å²) in [5.74, 6) is 0.643. The van der Waals surface area contributed by atoms with Crippen LogP contribution in [0.4, 0.5) is 0 Å². The molecule has 1 aromatic heterocycles. The van der Waals surface area contributed by atoms with Crippen molar-refractivity contribution in [2.45, 2.75) is 40.2 Å². The van der Waals surface area contributed by atoms with E-state index in [9.17, 15) is 9.90 Å². The van der Waals surface area contributed by atoms with Crippen molar-refractivity contribution in [1.29, 1.82) is 0 Å². The van der Waals surface area contributed by atoms with E-state index in [1.54, 1.807) is 18.3 Å². The van der Waals surface area contributed by atoms with Gasteiger partial charge in [-0.25, -0.2) is 4.99 Å². The highest BCUT2D eigenvalue weighted by atomic mass is 127. The zero-order chi connectivity index (χ0) is 18.2. The SMILES string of the molecule is CCNC(=NCC(C)(O)c1ccsc1)NCCNC(=O)C(C)(C)C.I. The first-order chi connectivity index (χ1) is 11.2. The number of amides is 1. The van der Waals surface area contributed by atoms with E-state index in [4.69, 9.17) is 0 Å². The first kappa shape index (κ1) is 24.1. The number of rotatable bonds is 7. The number of carbonyl (C=O) groups is 1. The van der Waals surface area contributed by atoms with Crippen LogP contribution in [0.1, 0.15) is 40.2 Å². The quantitative estimate of drug-likeness (QED) is 0.208. The van der Waals surface area contributed by atoms with Crippen LogP contribution in [0.3, 0.4) is 0 Å².